The molecule has 0 heterocycles. The number of nitrogens with one attached hydrogen (secondary N) is 1. The number of carboxylic acids is 1. The van der Waals surface area contributed by atoms with Crippen LogP contribution in [0.25, 0.3) is 0 Å². The number of carboxylic acid groups (broad SMARTS) is 1. The van der Waals surface area contributed by atoms with E-state index in [4.69, 9.17) is 14.6 Å². The molecule has 2 N–H and O–H groups in total. The fraction of sp³-hybridized carbons (Fsp3) is 0.176. The van der Waals surface area contributed by atoms with Gasteiger partial charge in [-0.05, 0) is 43.3 Å². The zero-order valence-corrected chi connectivity index (χ0v) is 12.6. The molecule has 6 nitrogen and oxygen atoms in total. The molecule has 0 aliphatic carbocycles. The zero-order valence-electron chi connectivity index (χ0n) is 12.6. The Kier molecular flexibility index (Phi) is 5.57. The van der Waals surface area contributed by atoms with Gasteiger partial charge in [-0.2, -0.15) is 0 Å². The summed E-state index contributed by atoms with van der Waals surface area (Å²) in [5.74, 6) is -0.297. The van der Waals surface area contributed by atoms with Gasteiger partial charge in [0, 0.05) is 5.69 Å². The maximum Gasteiger partial charge on any atom is 0.344 e. The second kappa shape index (κ2) is 7.84. The van der Waals surface area contributed by atoms with Gasteiger partial charge >= 0.3 is 5.97 Å². The molecule has 1 atom stereocenters. The first kappa shape index (κ1) is 16.4. The maximum atomic E-state index is 11.8. The molecule has 2 aromatic carbocycles. The molecule has 0 spiro atoms. The van der Waals surface area contributed by atoms with Crippen molar-refractivity contribution < 1.29 is 24.2 Å². The highest BCUT2D eigenvalue weighted by atomic mass is 16.5. The van der Waals surface area contributed by atoms with E-state index in [2.05, 4.69) is 5.32 Å². The molecule has 0 aliphatic rings. The predicted molar refractivity (Wildman–Crippen MR) is 84.7 cm³/mol. The smallest absolute Gasteiger partial charge is 0.344 e. The van der Waals surface area contributed by atoms with Crippen molar-refractivity contribution in [2.24, 2.45) is 0 Å². The molecule has 0 saturated carbocycles. The van der Waals surface area contributed by atoms with Gasteiger partial charge in [0.15, 0.2) is 12.7 Å². The predicted octanol–water partition coefficient (Wildman–Crippen LogP) is 2.56. The number of hydrogen-bond acceptors (Lipinski definition) is 4. The van der Waals surface area contributed by atoms with Gasteiger partial charge in [-0.1, -0.05) is 18.2 Å². The largest absolute Gasteiger partial charge is 0.484 e. The lowest BCUT2D eigenvalue weighted by Gasteiger charge is -2.11. The van der Waals surface area contributed by atoms with Crippen LogP contribution in [0.2, 0.25) is 0 Å². The molecule has 0 aromatic heterocycles. The van der Waals surface area contributed by atoms with Crippen molar-refractivity contribution in [1.82, 2.24) is 0 Å². The summed E-state index contributed by atoms with van der Waals surface area (Å²) in [7, 11) is 0. The van der Waals surface area contributed by atoms with Crippen LogP contribution in [0.15, 0.2) is 54.6 Å². The number of amides is 1. The van der Waals surface area contributed by atoms with Crippen LogP contribution in [-0.4, -0.2) is 29.7 Å². The summed E-state index contributed by atoms with van der Waals surface area (Å²) in [5, 5.41) is 11.5. The van der Waals surface area contributed by atoms with Crippen molar-refractivity contribution in [2.45, 2.75) is 13.0 Å². The Morgan fingerprint density at radius 2 is 1.70 bits per heavy atom. The summed E-state index contributed by atoms with van der Waals surface area (Å²) < 4.78 is 10.5. The summed E-state index contributed by atoms with van der Waals surface area (Å²) >= 11 is 0. The topological polar surface area (TPSA) is 84.9 Å². The molecular weight excluding hydrogens is 298 g/mol. The maximum absolute atomic E-state index is 11.8. The van der Waals surface area contributed by atoms with Crippen LogP contribution < -0.4 is 14.8 Å². The molecule has 2 rings (SSSR count). The highest BCUT2D eigenvalue weighted by molar-refractivity contribution is 5.91. The van der Waals surface area contributed by atoms with E-state index < -0.39 is 12.1 Å². The van der Waals surface area contributed by atoms with Crippen LogP contribution in [0, 0.1) is 0 Å². The molecule has 120 valence electrons. The van der Waals surface area contributed by atoms with Crippen LogP contribution in [0.3, 0.4) is 0 Å². The standard InChI is InChI=1S/C17H17NO5/c1-12(17(20)21)23-15-9-7-13(8-10-15)18-16(19)11-22-14-5-3-2-4-6-14/h2-10,12H,11H2,1H3,(H,18,19)(H,20,21). The normalized spacial score (nSPS) is 11.3. The van der Waals surface area contributed by atoms with Crippen molar-refractivity contribution in [3.8, 4) is 11.5 Å². The van der Waals surface area contributed by atoms with E-state index >= 15 is 0 Å². The van der Waals surface area contributed by atoms with E-state index in [9.17, 15) is 9.59 Å². The number of carbonyl (C=O) groups excluding carboxylic acids is 1. The molecule has 0 radical (unpaired) electrons. The summed E-state index contributed by atoms with van der Waals surface area (Å²) in [6.45, 7) is 1.34. The Morgan fingerprint density at radius 3 is 2.30 bits per heavy atom. The molecule has 1 amide bonds. The molecule has 0 bridgehead atoms. The van der Waals surface area contributed by atoms with Gasteiger partial charge in [0.05, 0.1) is 0 Å². The van der Waals surface area contributed by atoms with Gasteiger partial charge in [0.2, 0.25) is 0 Å². The van der Waals surface area contributed by atoms with Crippen molar-refractivity contribution in [3.05, 3.63) is 54.6 Å². The highest BCUT2D eigenvalue weighted by Crippen LogP contribution is 2.17. The number of aliphatic carboxylic acids is 1. The minimum atomic E-state index is -1.04. The van der Waals surface area contributed by atoms with Crippen molar-refractivity contribution in [3.63, 3.8) is 0 Å². The second-order valence-electron chi connectivity index (χ2n) is 4.77. The zero-order chi connectivity index (χ0) is 16.7. The number of para-hydroxylation sites is 1. The van der Waals surface area contributed by atoms with E-state index in [-0.39, 0.29) is 12.5 Å². The van der Waals surface area contributed by atoms with Gasteiger partial charge < -0.3 is 19.9 Å². The van der Waals surface area contributed by atoms with Crippen LogP contribution in [-0.2, 0) is 9.59 Å². The molecule has 0 saturated heterocycles. The third-order valence-corrected chi connectivity index (χ3v) is 2.91. The molecule has 2 aromatic rings. The summed E-state index contributed by atoms with van der Waals surface area (Å²) in [6.07, 6.45) is -0.935. The monoisotopic (exact) mass is 315 g/mol. The first-order chi connectivity index (χ1) is 11.0. The van der Waals surface area contributed by atoms with Gasteiger partial charge in [-0.25, -0.2) is 4.79 Å². The molecule has 0 aliphatic heterocycles. The SMILES string of the molecule is CC(Oc1ccc(NC(=O)COc2ccccc2)cc1)C(=O)O. The van der Waals surface area contributed by atoms with Crippen molar-refractivity contribution in [2.75, 3.05) is 11.9 Å². The van der Waals surface area contributed by atoms with Crippen LogP contribution in [0.4, 0.5) is 5.69 Å². The van der Waals surface area contributed by atoms with Crippen molar-refractivity contribution in [1.29, 1.82) is 0 Å². The lowest BCUT2D eigenvalue weighted by molar-refractivity contribution is -0.144. The molecule has 6 heteroatoms. The van der Waals surface area contributed by atoms with Crippen LogP contribution in [0.5, 0.6) is 11.5 Å². The van der Waals surface area contributed by atoms with Gasteiger partial charge in [0.1, 0.15) is 11.5 Å². The minimum Gasteiger partial charge on any atom is -0.484 e. The molecular formula is C17H17NO5. The first-order valence-corrected chi connectivity index (χ1v) is 7.02. The number of benzene rings is 2. The molecule has 1 unspecified atom stereocenters. The lowest BCUT2D eigenvalue weighted by atomic mass is 10.3. The van der Waals surface area contributed by atoms with E-state index in [0.717, 1.165) is 0 Å². The number of anilines is 1. The molecule has 0 fully saturated rings. The van der Waals surface area contributed by atoms with E-state index in [1.807, 2.05) is 18.2 Å². The average Bonchev–Trinajstić information content (AvgIpc) is 2.55. The number of carbonyl (C=O) groups is 2. The minimum absolute atomic E-state index is 0.0989. The Labute approximate surface area is 133 Å². The fourth-order valence-electron chi connectivity index (χ4n) is 1.73. The van der Waals surface area contributed by atoms with E-state index in [1.165, 1.54) is 6.92 Å². The fourth-order valence-corrected chi connectivity index (χ4v) is 1.73. The van der Waals surface area contributed by atoms with Gasteiger partial charge in [-0.3, -0.25) is 4.79 Å². The number of ether oxygens (including phenoxy) is 2. The summed E-state index contributed by atoms with van der Waals surface area (Å²) in [5.41, 5.74) is 0.571. The Hall–Kier alpha value is -3.02. The van der Waals surface area contributed by atoms with Crippen LogP contribution >= 0.6 is 0 Å². The lowest BCUT2D eigenvalue weighted by Crippen LogP contribution is -2.23. The average molecular weight is 315 g/mol. The first-order valence-electron chi connectivity index (χ1n) is 7.02. The third kappa shape index (κ3) is 5.35. The summed E-state index contributed by atoms with van der Waals surface area (Å²) in [4.78, 5) is 22.5. The Balaban J connectivity index is 1.83. The van der Waals surface area contributed by atoms with Crippen LogP contribution in [0.1, 0.15) is 6.92 Å². The van der Waals surface area contributed by atoms with Gasteiger partial charge in [0.25, 0.3) is 5.91 Å². The quantitative estimate of drug-likeness (QED) is 0.820. The number of hydrogen-bond donors (Lipinski definition) is 2. The van der Waals surface area contributed by atoms with Crippen molar-refractivity contribution >= 4 is 17.6 Å². The second-order valence-corrected chi connectivity index (χ2v) is 4.77. The number of rotatable bonds is 7. The summed E-state index contributed by atoms with van der Waals surface area (Å²) in [6, 6.07) is 15.5. The third-order valence-electron chi connectivity index (χ3n) is 2.91. The Bertz CT molecular complexity index is 654. The van der Waals surface area contributed by atoms with Gasteiger partial charge in [-0.15, -0.1) is 0 Å². The van der Waals surface area contributed by atoms with E-state index in [0.29, 0.717) is 17.2 Å². The molecule has 23 heavy (non-hydrogen) atoms. The highest BCUT2D eigenvalue weighted by Gasteiger charge is 2.12. The van der Waals surface area contributed by atoms with E-state index in [1.54, 1.807) is 36.4 Å². The Morgan fingerprint density at radius 1 is 1.04 bits per heavy atom.